The number of hydrogen-bond donors (Lipinski definition) is 2. The van der Waals surface area contributed by atoms with Gasteiger partial charge in [-0.1, -0.05) is 6.07 Å². The highest BCUT2D eigenvalue weighted by Gasteiger charge is 2.51. The number of nitriles is 1. The number of hydrazone groups is 1. The Morgan fingerprint density at radius 1 is 1.25 bits per heavy atom. The quantitative estimate of drug-likeness (QED) is 0.457. The number of carbonyl (C=O) groups excluding carboxylic acids is 1. The van der Waals surface area contributed by atoms with Crippen molar-refractivity contribution in [2.45, 2.75) is 64.0 Å². The topological polar surface area (TPSA) is 117 Å². The maximum Gasteiger partial charge on any atom is 0.269 e. The summed E-state index contributed by atoms with van der Waals surface area (Å²) >= 11 is 0. The van der Waals surface area contributed by atoms with Crippen molar-refractivity contribution in [2.75, 3.05) is 7.11 Å². The number of pyridine rings is 1. The van der Waals surface area contributed by atoms with Crippen molar-refractivity contribution in [3.8, 4) is 11.8 Å². The molecule has 2 N–H and O–H groups in total. The number of nitrogens with zero attached hydrogens (tertiary/aromatic N) is 3. The van der Waals surface area contributed by atoms with Gasteiger partial charge < -0.3 is 14.4 Å². The fourth-order valence-electron chi connectivity index (χ4n) is 7.22. The van der Waals surface area contributed by atoms with Gasteiger partial charge >= 0.3 is 0 Å². The number of ether oxygens (including phenoxy) is 1. The molecule has 0 aliphatic heterocycles. The Kier molecular flexibility index (Phi) is 6.44. The number of methoxy groups -OCH3 is 1. The Bertz CT molecular complexity index is 1280. The lowest BCUT2D eigenvalue weighted by Crippen LogP contribution is -2.48. The second-order valence-corrected chi connectivity index (χ2v) is 10.9. The summed E-state index contributed by atoms with van der Waals surface area (Å²) < 4.78 is 6.31. The molecule has 0 atom stereocenters. The van der Waals surface area contributed by atoms with Crippen molar-refractivity contribution in [1.29, 1.82) is 5.26 Å². The molecule has 1 aromatic heterocycles. The molecular weight excluding hydrogens is 456 g/mol. The highest BCUT2D eigenvalue weighted by atomic mass is 16.5. The number of aromatic nitrogens is 1. The van der Waals surface area contributed by atoms with Crippen LogP contribution in [-0.4, -0.2) is 28.9 Å². The van der Waals surface area contributed by atoms with Crippen LogP contribution in [0.15, 0.2) is 34.2 Å². The minimum absolute atomic E-state index is 0.0369. The average Bonchev–Trinajstić information content (AvgIpc) is 2.82. The van der Waals surface area contributed by atoms with Crippen molar-refractivity contribution in [3.05, 3.63) is 62.6 Å². The first kappa shape index (κ1) is 24.3. The van der Waals surface area contributed by atoms with Gasteiger partial charge in [-0.15, -0.1) is 0 Å². The summed E-state index contributed by atoms with van der Waals surface area (Å²) in [5, 5.41) is 23.9. The van der Waals surface area contributed by atoms with E-state index in [0.717, 1.165) is 17.8 Å². The summed E-state index contributed by atoms with van der Waals surface area (Å²) in [6.45, 7) is 1.57. The van der Waals surface area contributed by atoms with Crippen LogP contribution in [-0.2, 0) is 28.1 Å². The van der Waals surface area contributed by atoms with Gasteiger partial charge in [0.25, 0.3) is 11.5 Å². The molecule has 4 aliphatic carbocycles. The minimum Gasteiger partial charge on any atom is -0.507 e. The first-order chi connectivity index (χ1) is 17.3. The number of amides is 1. The van der Waals surface area contributed by atoms with Gasteiger partial charge in [-0.2, -0.15) is 10.4 Å². The summed E-state index contributed by atoms with van der Waals surface area (Å²) in [5.74, 6) is 2.06. The summed E-state index contributed by atoms with van der Waals surface area (Å²) in [5.41, 5.74) is 4.93. The zero-order valence-electron chi connectivity index (χ0n) is 20.8. The third-order valence-electron chi connectivity index (χ3n) is 8.37. The highest BCUT2D eigenvalue weighted by Crippen LogP contribution is 2.60. The molecule has 2 aromatic rings. The molecule has 1 heterocycles. The van der Waals surface area contributed by atoms with Crippen LogP contribution in [0.3, 0.4) is 0 Å². The van der Waals surface area contributed by atoms with E-state index in [1.807, 2.05) is 18.2 Å². The molecule has 4 saturated carbocycles. The van der Waals surface area contributed by atoms with E-state index in [-0.39, 0.29) is 29.9 Å². The Morgan fingerprint density at radius 3 is 2.53 bits per heavy atom. The molecule has 4 bridgehead atoms. The molecule has 4 aliphatic rings. The molecule has 8 nitrogen and oxygen atoms in total. The van der Waals surface area contributed by atoms with Gasteiger partial charge in [0.1, 0.15) is 23.9 Å². The van der Waals surface area contributed by atoms with E-state index >= 15 is 0 Å². The number of aryl methyl sites for hydroxylation is 1. The van der Waals surface area contributed by atoms with E-state index in [1.54, 1.807) is 19.1 Å². The van der Waals surface area contributed by atoms with Gasteiger partial charge in [0.2, 0.25) is 0 Å². The van der Waals surface area contributed by atoms with Crippen LogP contribution in [0.4, 0.5) is 0 Å². The Balaban J connectivity index is 1.30. The third kappa shape index (κ3) is 4.44. The van der Waals surface area contributed by atoms with Crippen LogP contribution >= 0.6 is 0 Å². The van der Waals surface area contributed by atoms with Gasteiger partial charge in [0.15, 0.2) is 0 Å². The molecule has 4 fully saturated rings. The van der Waals surface area contributed by atoms with Crippen LogP contribution in [0, 0.1) is 36.0 Å². The van der Waals surface area contributed by atoms with Gasteiger partial charge in [-0.3, -0.25) is 9.59 Å². The number of phenols is 1. The van der Waals surface area contributed by atoms with E-state index in [1.165, 1.54) is 62.0 Å². The van der Waals surface area contributed by atoms with E-state index in [9.17, 15) is 20.0 Å². The van der Waals surface area contributed by atoms with E-state index < -0.39 is 11.5 Å². The molecule has 6 rings (SSSR count). The molecule has 0 saturated heterocycles. The van der Waals surface area contributed by atoms with Gasteiger partial charge in [0, 0.05) is 23.9 Å². The SMILES string of the molecule is COCc1cc(C)n(CC(=O)N/N=C\c2cc(C34CC5CC(CC(C5)C3)C4)ccc2O)c(=O)c1C#N. The molecular formula is C28H32N4O4. The fourth-order valence-corrected chi connectivity index (χ4v) is 7.22. The largest absolute Gasteiger partial charge is 0.507 e. The fraction of sp³-hybridized carbons (Fsp3) is 0.500. The number of hydrogen-bond acceptors (Lipinski definition) is 6. The number of benzene rings is 1. The number of nitrogens with one attached hydrogen (secondary N) is 1. The second-order valence-electron chi connectivity index (χ2n) is 10.9. The Hall–Kier alpha value is -3.44. The van der Waals surface area contributed by atoms with Crippen molar-refractivity contribution in [2.24, 2.45) is 22.9 Å². The monoisotopic (exact) mass is 488 g/mol. The van der Waals surface area contributed by atoms with Crippen LogP contribution in [0.5, 0.6) is 5.75 Å². The minimum atomic E-state index is -0.537. The molecule has 36 heavy (non-hydrogen) atoms. The van der Waals surface area contributed by atoms with Crippen LogP contribution < -0.4 is 11.0 Å². The maximum atomic E-state index is 12.7. The number of phenolic OH excluding ortho intramolecular Hbond substituents is 1. The molecule has 0 radical (unpaired) electrons. The molecule has 188 valence electrons. The van der Waals surface area contributed by atoms with Gasteiger partial charge in [0.05, 0.1) is 12.8 Å². The lowest BCUT2D eigenvalue weighted by Gasteiger charge is -2.57. The van der Waals surface area contributed by atoms with Crippen molar-refractivity contribution in [3.63, 3.8) is 0 Å². The van der Waals surface area contributed by atoms with E-state index in [2.05, 4.69) is 10.5 Å². The maximum absolute atomic E-state index is 12.7. The zero-order chi connectivity index (χ0) is 25.4. The summed E-state index contributed by atoms with van der Waals surface area (Å²) in [6, 6.07) is 9.38. The van der Waals surface area contributed by atoms with Crippen LogP contribution in [0.2, 0.25) is 0 Å². The van der Waals surface area contributed by atoms with Crippen LogP contribution in [0.1, 0.15) is 66.5 Å². The Morgan fingerprint density at radius 2 is 1.92 bits per heavy atom. The third-order valence-corrected chi connectivity index (χ3v) is 8.37. The van der Waals surface area contributed by atoms with E-state index in [0.29, 0.717) is 16.8 Å². The smallest absolute Gasteiger partial charge is 0.269 e. The lowest BCUT2D eigenvalue weighted by molar-refractivity contribution is -0.121. The molecule has 1 amide bonds. The van der Waals surface area contributed by atoms with Crippen LogP contribution in [0.25, 0.3) is 0 Å². The van der Waals surface area contributed by atoms with Crippen molar-refractivity contribution < 1.29 is 14.6 Å². The number of aromatic hydroxyl groups is 1. The Labute approximate surface area is 210 Å². The normalized spacial score (nSPS) is 26.3. The number of rotatable bonds is 7. The number of carbonyl (C=O) groups is 1. The first-order valence-electron chi connectivity index (χ1n) is 12.6. The predicted octanol–water partition coefficient (Wildman–Crippen LogP) is 3.50. The average molecular weight is 489 g/mol. The predicted molar refractivity (Wildman–Crippen MR) is 135 cm³/mol. The summed E-state index contributed by atoms with van der Waals surface area (Å²) in [7, 11) is 1.49. The van der Waals surface area contributed by atoms with E-state index in [4.69, 9.17) is 4.74 Å². The van der Waals surface area contributed by atoms with Gasteiger partial charge in [-0.05, 0) is 92.4 Å². The second kappa shape index (κ2) is 9.55. The standard InChI is InChI=1S/C28H32N4O4/c1-17-5-22(16-36-2)24(13-29)27(35)32(17)15-26(34)31-30-14-21-9-23(3-4-25(21)33)28-10-18-6-19(11-28)8-20(7-18)12-28/h3-5,9,14,18-20,33H,6-8,10-12,15-16H2,1-2H3,(H,31,34)/b30-14-. The molecule has 1 aromatic carbocycles. The molecule has 8 heteroatoms. The zero-order valence-corrected chi connectivity index (χ0v) is 20.8. The summed E-state index contributed by atoms with van der Waals surface area (Å²) in [4.78, 5) is 25.3. The first-order valence-corrected chi connectivity index (χ1v) is 12.6. The molecule has 0 spiro atoms. The highest BCUT2D eigenvalue weighted by molar-refractivity contribution is 5.85. The van der Waals surface area contributed by atoms with Crippen molar-refractivity contribution in [1.82, 2.24) is 9.99 Å². The lowest BCUT2D eigenvalue weighted by atomic mass is 9.48. The van der Waals surface area contributed by atoms with Crippen molar-refractivity contribution >= 4 is 12.1 Å². The summed E-state index contributed by atoms with van der Waals surface area (Å²) in [6.07, 6.45) is 9.22. The van der Waals surface area contributed by atoms with Gasteiger partial charge in [-0.25, -0.2) is 5.43 Å². The molecule has 0 unspecified atom stereocenters.